The van der Waals surface area contributed by atoms with Crippen LogP contribution in [0.2, 0.25) is 0 Å². The van der Waals surface area contributed by atoms with Crippen molar-refractivity contribution < 1.29 is 38.4 Å². The maximum absolute atomic E-state index is 14.2. The molecule has 12 nitrogen and oxygen atoms in total. The summed E-state index contributed by atoms with van der Waals surface area (Å²) in [6.07, 6.45) is 10.8. The molecule has 2 aliphatic carbocycles. The number of hydrogen-bond donors (Lipinski definition) is 5. The quantitative estimate of drug-likeness (QED) is 0.139. The molecule has 0 unspecified atom stereocenters. The Bertz CT molecular complexity index is 1860. The van der Waals surface area contributed by atoms with Crippen molar-refractivity contribution in [1.29, 1.82) is 0 Å². The number of nitrogen functional groups attached to an aromatic ring is 2. The summed E-state index contributed by atoms with van der Waals surface area (Å²) in [7, 11) is 1.20. The van der Waals surface area contributed by atoms with Gasteiger partial charge in [0.15, 0.2) is 0 Å². The standard InChI is InChI=1S/C19H22FN3O3.C18H20FN3O3/c1-26-19(25)14-7-6-13(8-15(14)20)17-18(21)22-9-16(23-17)12-4-2-11(10-24)3-5-12;19-14-7-12(5-6-13(14)18(24)25)16-17(20)21-8-15(22-16)11-3-1-10(9-23)2-4-11/h6-9,11-12,24H,2-5,10H2,1H3,(H2,21,22);5-8,10-11,23H,1-4,9H2,(H2,20,21)(H,24,25). The number of nitrogens with zero attached hydrogens (tertiary/aromatic N) is 4. The van der Waals surface area contributed by atoms with Gasteiger partial charge >= 0.3 is 11.9 Å². The van der Waals surface area contributed by atoms with Gasteiger partial charge in [-0.1, -0.05) is 12.1 Å². The Labute approximate surface area is 294 Å². The molecule has 0 amide bonds. The molecule has 2 saturated carbocycles. The highest BCUT2D eigenvalue weighted by molar-refractivity contribution is 5.90. The molecular weight excluding hydrogens is 662 g/mol. The fourth-order valence-electron chi connectivity index (χ4n) is 6.70. The van der Waals surface area contributed by atoms with Crippen LogP contribution in [0.5, 0.6) is 0 Å². The van der Waals surface area contributed by atoms with Gasteiger partial charge in [0.05, 0.1) is 42.0 Å². The lowest BCUT2D eigenvalue weighted by Gasteiger charge is -2.27. The topological polar surface area (TPSA) is 208 Å². The molecule has 4 aromatic rings. The van der Waals surface area contributed by atoms with E-state index in [1.165, 1.54) is 31.4 Å². The zero-order valence-electron chi connectivity index (χ0n) is 28.3. The molecule has 0 atom stereocenters. The van der Waals surface area contributed by atoms with Crippen LogP contribution in [-0.2, 0) is 4.74 Å². The predicted molar refractivity (Wildman–Crippen MR) is 186 cm³/mol. The van der Waals surface area contributed by atoms with Crippen molar-refractivity contribution >= 4 is 23.6 Å². The van der Waals surface area contributed by atoms with Gasteiger partial charge in [-0.25, -0.2) is 38.3 Å². The predicted octanol–water partition coefficient (Wildman–Crippen LogP) is 5.75. The average Bonchev–Trinajstić information content (AvgIpc) is 3.15. The van der Waals surface area contributed by atoms with Gasteiger partial charge < -0.3 is 31.5 Å². The van der Waals surface area contributed by atoms with Gasteiger partial charge in [-0.3, -0.25) is 0 Å². The zero-order chi connectivity index (χ0) is 36.7. The smallest absolute Gasteiger partial charge is 0.340 e. The maximum atomic E-state index is 14.2. The third-order valence-corrected chi connectivity index (χ3v) is 9.81. The van der Waals surface area contributed by atoms with Gasteiger partial charge in [-0.15, -0.1) is 0 Å². The molecule has 2 aliphatic rings. The molecule has 0 bridgehead atoms. The number of rotatable bonds is 8. The number of carbonyl (C=O) groups excluding carboxylic acids is 1. The minimum absolute atomic E-state index is 0.138. The number of hydrogen-bond acceptors (Lipinski definition) is 11. The van der Waals surface area contributed by atoms with Gasteiger partial charge in [-0.2, -0.15) is 0 Å². The molecule has 51 heavy (non-hydrogen) atoms. The van der Waals surface area contributed by atoms with Crippen molar-refractivity contribution in [2.45, 2.75) is 63.2 Å². The number of carboxylic acids is 1. The number of anilines is 2. The first-order valence-corrected chi connectivity index (χ1v) is 16.9. The molecule has 2 aromatic heterocycles. The Morgan fingerprint density at radius 2 is 1.14 bits per heavy atom. The molecule has 2 fully saturated rings. The van der Waals surface area contributed by atoms with Crippen molar-refractivity contribution in [3.63, 3.8) is 0 Å². The van der Waals surface area contributed by atoms with Gasteiger partial charge in [0.2, 0.25) is 0 Å². The first-order chi connectivity index (χ1) is 24.5. The van der Waals surface area contributed by atoms with E-state index in [9.17, 15) is 28.6 Å². The Hall–Kier alpha value is -5.08. The van der Waals surface area contributed by atoms with Crippen molar-refractivity contribution in [2.75, 3.05) is 31.8 Å². The van der Waals surface area contributed by atoms with Crippen molar-refractivity contribution in [2.24, 2.45) is 11.8 Å². The molecule has 270 valence electrons. The number of aliphatic hydroxyl groups excluding tert-OH is 2. The average molecular weight is 705 g/mol. The van der Waals surface area contributed by atoms with Crippen molar-refractivity contribution in [3.05, 3.63) is 82.9 Å². The Balaban J connectivity index is 0.000000198. The lowest BCUT2D eigenvalue weighted by molar-refractivity contribution is 0.0594. The number of halogens is 2. The second-order valence-electron chi connectivity index (χ2n) is 13.0. The fourth-order valence-corrected chi connectivity index (χ4v) is 6.70. The third-order valence-electron chi connectivity index (χ3n) is 9.81. The Morgan fingerprint density at radius 1 is 0.725 bits per heavy atom. The molecule has 2 aromatic carbocycles. The van der Waals surface area contributed by atoms with E-state index in [1.807, 2.05) is 0 Å². The van der Waals surface area contributed by atoms with E-state index in [0.717, 1.165) is 68.8 Å². The summed E-state index contributed by atoms with van der Waals surface area (Å²) in [5.41, 5.74) is 14.6. The lowest BCUT2D eigenvalue weighted by Crippen LogP contribution is -2.17. The van der Waals surface area contributed by atoms with Crippen LogP contribution in [0.15, 0.2) is 48.8 Å². The van der Waals surface area contributed by atoms with Crippen LogP contribution in [-0.4, -0.2) is 67.5 Å². The SMILES string of the molecule is COC(=O)c1ccc(-c2nc(C3CCC(CO)CC3)cnc2N)cc1F.Nc1ncc(C2CCC(CO)CC2)nc1-c1ccc(C(=O)O)c(F)c1. The van der Waals surface area contributed by atoms with Crippen LogP contribution in [0, 0.1) is 23.5 Å². The van der Waals surface area contributed by atoms with E-state index < -0.39 is 29.1 Å². The molecule has 7 N–H and O–H groups in total. The minimum atomic E-state index is -1.32. The zero-order valence-corrected chi connectivity index (χ0v) is 28.3. The molecule has 6 rings (SSSR count). The normalized spacial score (nSPS) is 20.2. The van der Waals surface area contributed by atoms with Gasteiger partial charge in [-0.05, 0) is 87.5 Å². The van der Waals surface area contributed by atoms with E-state index in [1.54, 1.807) is 18.5 Å². The van der Waals surface area contributed by atoms with Crippen LogP contribution in [0.3, 0.4) is 0 Å². The summed E-state index contributed by atoms with van der Waals surface area (Å²) in [6.45, 7) is 0.428. The largest absolute Gasteiger partial charge is 0.478 e. The van der Waals surface area contributed by atoms with Crippen LogP contribution >= 0.6 is 0 Å². The summed E-state index contributed by atoms with van der Waals surface area (Å²) in [6, 6.07) is 7.97. The van der Waals surface area contributed by atoms with E-state index in [-0.39, 0.29) is 42.2 Å². The second kappa shape index (κ2) is 16.8. The summed E-state index contributed by atoms with van der Waals surface area (Å²) < 4.78 is 32.7. The van der Waals surface area contributed by atoms with Crippen molar-refractivity contribution in [1.82, 2.24) is 19.9 Å². The van der Waals surface area contributed by atoms with E-state index in [4.69, 9.17) is 16.6 Å². The number of carbonyl (C=O) groups is 2. The van der Waals surface area contributed by atoms with Crippen LogP contribution < -0.4 is 11.5 Å². The number of aromatic nitrogens is 4. The van der Waals surface area contributed by atoms with E-state index in [2.05, 4.69) is 24.7 Å². The second-order valence-corrected chi connectivity index (χ2v) is 13.0. The molecule has 0 aliphatic heterocycles. The monoisotopic (exact) mass is 704 g/mol. The molecular formula is C37H42F2N6O6. The molecule has 2 heterocycles. The van der Waals surface area contributed by atoms with Crippen LogP contribution in [0.1, 0.15) is 95.3 Å². The van der Waals surface area contributed by atoms with Crippen LogP contribution in [0.25, 0.3) is 22.5 Å². The summed E-state index contributed by atoms with van der Waals surface area (Å²) in [5, 5.41) is 27.4. The Morgan fingerprint density at radius 3 is 1.49 bits per heavy atom. The lowest BCUT2D eigenvalue weighted by atomic mass is 9.81. The summed E-state index contributed by atoms with van der Waals surface area (Å²) in [4.78, 5) is 40.1. The number of ether oxygens (including phenoxy) is 1. The number of benzene rings is 2. The fraction of sp³-hybridized carbons (Fsp3) is 0.405. The van der Waals surface area contributed by atoms with Crippen LogP contribution in [0.4, 0.5) is 20.4 Å². The summed E-state index contributed by atoms with van der Waals surface area (Å²) in [5.74, 6) is -2.01. The Kier molecular flexibility index (Phi) is 12.2. The number of aliphatic hydroxyl groups is 2. The van der Waals surface area contributed by atoms with Gasteiger partial charge in [0.25, 0.3) is 0 Å². The highest BCUT2D eigenvalue weighted by atomic mass is 19.1. The number of esters is 1. The van der Waals surface area contributed by atoms with Crippen molar-refractivity contribution in [3.8, 4) is 22.5 Å². The van der Waals surface area contributed by atoms with E-state index in [0.29, 0.717) is 34.4 Å². The highest BCUT2D eigenvalue weighted by Crippen LogP contribution is 2.37. The molecule has 0 spiro atoms. The third kappa shape index (κ3) is 8.81. The molecule has 14 heteroatoms. The summed E-state index contributed by atoms with van der Waals surface area (Å²) >= 11 is 0. The number of carboxylic acid groups (broad SMARTS) is 1. The first kappa shape index (κ1) is 37.2. The maximum Gasteiger partial charge on any atom is 0.340 e. The number of aromatic carboxylic acids is 1. The van der Waals surface area contributed by atoms with Gasteiger partial charge in [0.1, 0.15) is 34.7 Å². The highest BCUT2D eigenvalue weighted by Gasteiger charge is 2.26. The molecule has 0 saturated heterocycles. The van der Waals surface area contributed by atoms with E-state index >= 15 is 0 Å². The van der Waals surface area contributed by atoms with Gasteiger partial charge in [0, 0.05) is 36.2 Å². The number of methoxy groups -OCH3 is 1. The first-order valence-electron chi connectivity index (χ1n) is 16.9. The minimum Gasteiger partial charge on any atom is -0.478 e. The number of nitrogens with two attached hydrogens (primary N) is 2. The molecule has 0 radical (unpaired) electrons.